The number of nitrogens with zero attached hydrogens (tertiary/aromatic N) is 3. The van der Waals surface area contributed by atoms with Crippen LogP contribution in [0.5, 0.6) is 0 Å². The van der Waals surface area contributed by atoms with Gasteiger partial charge in [-0.05, 0) is 25.5 Å². The van der Waals surface area contributed by atoms with Gasteiger partial charge in [0.05, 0.1) is 6.61 Å². The average Bonchev–Trinajstić information content (AvgIpc) is 2.44. The van der Waals surface area contributed by atoms with E-state index in [4.69, 9.17) is 4.74 Å². The van der Waals surface area contributed by atoms with E-state index in [0.29, 0.717) is 31.6 Å². The van der Waals surface area contributed by atoms with Gasteiger partial charge in [0.1, 0.15) is 11.3 Å². The van der Waals surface area contributed by atoms with Crippen LogP contribution in [0.15, 0.2) is 24.5 Å². The Balaban J connectivity index is 1.83. The van der Waals surface area contributed by atoms with Crippen molar-refractivity contribution in [2.45, 2.75) is 19.8 Å². The standard InChI is InChI=1S/C13H16N4O2/c1-2-19-12(18)4-3-7-15-11-6-5-10-13(17-11)16-9-8-14-10/h5-6,8-9H,2-4,7H2,1H3,(H,15,16,17). The van der Waals surface area contributed by atoms with Gasteiger partial charge in [0.25, 0.3) is 0 Å². The number of anilines is 1. The number of carbonyl (C=O) groups is 1. The summed E-state index contributed by atoms with van der Waals surface area (Å²) in [6, 6.07) is 3.71. The predicted molar refractivity (Wildman–Crippen MR) is 71.7 cm³/mol. The highest BCUT2D eigenvalue weighted by Gasteiger charge is 2.02. The van der Waals surface area contributed by atoms with Gasteiger partial charge in [0.15, 0.2) is 5.65 Å². The number of carbonyl (C=O) groups excluding carboxylic acids is 1. The molecule has 0 atom stereocenters. The highest BCUT2D eigenvalue weighted by Crippen LogP contribution is 2.10. The van der Waals surface area contributed by atoms with E-state index in [2.05, 4.69) is 20.3 Å². The summed E-state index contributed by atoms with van der Waals surface area (Å²) in [6.45, 7) is 2.89. The third-order valence-corrected chi connectivity index (χ3v) is 2.50. The molecule has 0 fully saturated rings. The molecule has 0 amide bonds. The van der Waals surface area contributed by atoms with Crippen molar-refractivity contribution >= 4 is 23.0 Å². The zero-order valence-corrected chi connectivity index (χ0v) is 10.8. The second-order valence-corrected chi connectivity index (χ2v) is 3.93. The molecule has 0 bridgehead atoms. The van der Waals surface area contributed by atoms with Crippen LogP contribution in [-0.2, 0) is 9.53 Å². The highest BCUT2D eigenvalue weighted by atomic mass is 16.5. The van der Waals surface area contributed by atoms with E-state index in [1.165, 1.54) is 0 Å². The van der Waals surface area contributed by atoms with Crippen LogP contribution < -0.4 is 5.32 Å². The maximum Gasteiger partial charge on any atom is 0.305 e. The van der Waals surface area contributed by atoms with E-state index in [1.54, 1.807) is 19.3 Å². The van der Waals surface area contributed by atoms with E-state index in [0.717, 1.165) is 11.3 Å². The lowest BCUT2D eigenvalue weighted by Crippen LogP contribution is -2.09. The third-order valence-electron chi connectivity index (χ3n) is 2.50. The Morgan fingerprint density at radius 2 is 2.16 bits per heavy atom. The normalized spacial score (nSPS) is 10.4. The van der Waals surface area contributed by atoms with Crippen LogP contribution in [-0.4, -0.2) is 34.1 Å². The minimum atomic E-state index is -0.165. The molecule has 0 unspecified atom stereocenters. The average molecular weight is 260 g/mol. The van der Waals surface area contributed by atoms with E-state index < -0.39 is 0 Å². The largest absolute Gasteiger partial charge is 0.466 e. The molecular weight excluding hydrogens is 244 g/mol. The predicted octanol–water partition coefficient (Wildman–Crippen LogP) is 1.78. The number of fused-ring (bicyclic) bond motifs is 1. The fourth-order valence-corrected chi connectivity index (χ4v) is 1.64. The molecular formula is C13H16N4O2. The Morgan fingerprint density at radius 1 is 1.32 bits per heavy atom. The first-order chi connectivity index (χ1) is 9.29. The number of aromatic nitrogens is 3. The van der Waals surface area contributed by atoms with Crippen LogP contribution in [0.4, 0.5) is 5.82 Å². The summed E-state index contributed by atoms with van der Waals surface area (Å²) in [5, 5.41) is 3.15. The van der Waals surface area contributed by atoms with Gasteiger partial charge in [-0.1, -0.05) is 0 Å². The molecule has 1 N–H and O–H groups in total. The molecule has 0 aromatic carbocycles. The second-order valence-electron chi connectivity index (χ2n) is 3.93. The monoisotopic (exact) mass is 260 g/mol. The van der Waals surface area contributed by atoms with Crippen LogP contribution in [0, 0.1) is 0 Å². The van der Waals surface area contributed by atoms with Crippen LogP contribution in [0.2, 0.25) is 0 Å². The molecule has 0 aliphatic heterocycles. The Labute approximate surface area is 111 Å². The van der Waals surface area contributed by atoms with Crippen molar-refractivity contribution < 1.29 is 9.53 Å². The van der Waals surface area contributed by atoms with Crippen molar-refractivity contribution in [1.29, 1.82) is 0 Å². The van der Waals surface area contributed by atoms with Gasteiger partial charge in [-0.3, -0.25) is 9.78 Å². The Bertz CT molecular complexity index is 559. The lowest BCUT2D eigenvalue weighted by Gasteiger charge is -2.05. The van der Waals surface area contributed by atoms with Gasteiger partial charge in [-0.25, -0.2) is 9.97 Å². The summed E-state index contributed by atoms with van der Waals surface area (Å²) < 4.78 is 4.85. The van der Waals surface area contributed by atoms with Gasteiger partial charge >= 0.3 is 5.97 Å². The van der Waals surface area contributed by atoms with Gasteiger partial charge in [0, 0.05) is 25.4 Å². The zero-order chi connectivity index (χ0) is 13.5. The Kier molecular flexibility index (Phi) is 4.60. The molecule has 0 aliphatic carbocycles. The fourth-order valence-electron chi connectivity index (χ4n) is 1.64. The van der Waals surface area contributed by atoms with E-state index >= 15 is 0 Å². The van der Waals surface area contributed by atoms with Gasteiger partial charge < -0.3 is 10.1 Å². The molecule has 2 aromatic rings. The molecule has 2 rings (SSSR count). The lowest BCUT2D eigenvalue weighted by atomic mass is 10.3. The number of hydrogen-bond donors (Lipinski definition) is 1. The molecule has 0 saturated heterocycles. The van der Waals surface area contributed by atoms with Crippen molar-refractivity contribution in [3.63, 3.8) is 0 Å². The molecule has 0 saturated carbocycles. The third kappa shape index (κ3) is 3.87. The SMILES string of the molecule is CCOC(=O)CCCNc1ccc2nccnc2n1. The summed E-state index contributed by atoms with van der Waals surface area (Å²) in [6.07, 6.45) is 4.36. The quantitative estimate of drug-likeness (QED) is 0.630. The van der Waals surface area contributed by atoms with E-state index in [9.17, 15) is 4.79 Å². The first kappa shape index (κ1) is 13.2. The van der Waals surface area contributed by atoms with E-state index in [-0.39, 0.29) is 5.97 Å². The first-order valence-electron chi connectivity index (χ1n) is 6.27. The second kappa shape index (κ2) is 6.63. The molecule has 2 aromatic heterocycles. The minimum absolute atomic E-state index is 0.165. The summed E-state index contributed by atoms with van der Waals surface area (Å²) in [7, 11) is 0. The van der Waals surface area contributed by atoms with Crippen LogP contribution in [0.1, 0.15) is 19.8 Å². The van der Waals surface area contributed by atoms with Crippen LogP contribution >= 0.6 is 0 Å². The zero-order valence-electron chi connectivity index (χ0n) is 10.8. The number of esters is 1. The molecule has 19 heavy (non-hydrogen) atoms. The molecule has 0 radical (unpaired) electrons. The Hall–Kier alpha value is -2.24. The maximum atomic E-state index is 11.1. The fraction of sp³-hybridized carbons (Fsp3) is 0.385. The summed E-state index contributed by atoms with van der Waals surface area (Å²) in [4.78, 5) is 23.8. The van der Waals surface area contributed by atoms with Gasteiger partial charge in [-0.2, -0.15) is 0 Å². The molecule has 0 spiro atoms. The summed E-state index contributed by atoms with van der Waals surface area (Å²) in [5.41, 5.74) is 1.37. The first-order valence-corrected chi connectivity index (χ1v) is 6.27. The minimum Gasteiger partial charge on any atom is -0.466 e. The van der Waals surface area contributed by atoms with Gasteiger partial charge in [0.2, 0.25) is 0 Å². The highest BCUT2D eigenvalue weighted by molar-refractivity contribution is 5.71. The Morgan fingerprint density at radius 3 is 3.00 bits per heavy atom. The van der Waals surface area contributed by atoms with E-state index in [1.807, 2.05) is 12.1 Å². The smallest absolute Gasteiger partial charge is 0.305 e. The number of rotatable bonds is 6. The number of pyridine rings is 1. The molecule has 6 nitrogen and oxygen atoms in total. The van der Waals surface area contributed by atoms with Crippen molar-refractivity contribution in [1.82, 2.24) is 15.0 Å². The topological polar surface area (TPSA) is 77.0 Å². The molecule has 2 heterocycles. The van der Waals surface area contributed by atoms with Crippen LogP contribution in [0.25, 0.3) is 11.2 Å². The van der Waals surface area contributed by atoms with Crippen molar-refractivity contribution in [2.24, 2.45) is 0 Å². The molecule has 6 heteroatoms. The van der Waals surface area contributed by atoms with Crippen molar-refractivity contribution in [3.05, 3.63) is 24.5 Å². The molecule has 0 aliphatic rings. The van der Waals surface area contributed by atoms with Gasteiger partial charge in [-0.15, -0.1) is 0 Å². The van der Waals surface area contributed by atoms with Crippen LogP contribution in [0.3, 0.4) is 0 Å². The summed E-state index contributed by atoms with van der Waals surface area (Å²) >= 11 is 0. The summed E-state index contributed by atoms with van der Waals surface area (Å²) in [5.74, 6) is 0.568. The van der Waals surface area contributed by atoms with Crippen molar-refractivity contribution in [3.8, 4) is 0 Å². The van der Waals surface area contributed by atoms with Crippen molar-refractivity contribution in [2.75, 3.05) is 18.5 Å². The number of ether oxygens (including phenoxy) is 1. The molecule has 100 valence electrons. The lowest BCUT2D eigenvalue weighted by molar-refractivity contribution is -0.143. The maximum absolute atomic E-state index is 11.1. The number of nitrogens with one attached hydrogen (secondary N) is 1. The number of hydrogen-bond acceptors (Lipinski definition) is 6.